The number of esters is 1. The summed E-state index contributed by atoms with van der Waals surface area (Å²) in [4.78, 5) is 25.8. The van der Waals surface area contributed by atoms with E-state index in [0.717, 1.165) is 14.8 Å². The third kappa shape index (κ3) is 3.91. The van der Waals surface area contributed by atoms with Gasteiger partial charge in [-0.3, -0.25) is 4.79 Å². The van der Waals surface area contributed by atoms with Crippen LogP contribution in [0, 0.1) is 5.82 Å². The first-order chi connectivity index (χ1) is 14.8. The number of halogens is 1. The van der Waals surface area contributed by atoms with Crippen LogP contribution in [0.3, 0.4) is 0 Å². The summed E-state index contributed by atoms with van der Waals surface area (Å²) in [5.41, 5.74) is 0.115. The van der Waals surface area contributed by atoms with Crippen LogP contribution in [-0.4, -0.2) is 66.2 Å². The van der Waals surface area contributed by atoms with E-state index in [1.165, 1.54) is 41.9 Å². The molecule has 4 rings (SSSR count). The van der Waals surface area contributed by atoms with Crippen molar-refractivity contribution in [3.05, 3.63) is 58.9 Å². The van der Waals surface area contributed by atoms with Crippen molar-refractivity contribution < 1.29 is 22.3 Å². The van der Waals surface area contributed by atoms with Crippen molar-refractivity contribution in [2.75, 3.05) is 38.2 Å². The molecule has 0 bridgehead atoms. The third-order valence-electron chi connectivity index (χ3n) is 5.13. The van der Waals surface area contributed by atoms with Gasteiger partial charge in [-0.25, -0.2) is 26.7 Å². The topological polar surface area (TPSA) is 106 Å². The van der Waals surface area contributed by atoms with Gasteiger partial charge in [0.15, 0.2) is 5.65 Å². The maximum Gasteiger partial charge on any atom is 0.350 e. The molecule has 0 atom stereocenters. The largest absolute Gasteiger partial charge is 0.468 e. The van der Waals surface area contributed by atoms with E-state index in [1.54, 1.807) is 12.1 Å². The molecule has 0 aliphatic carbocycles. The molecule has 1 saturated heterocycles. The molecule has 0 amide bonds. The minimum Gasteiger partial charge on any atom is -0.468 e. The number of hydrogen-bond acceptors (Lipinski definition) is 7. The number of sulfonamides is 1. The molecule has 0 saturated carbocycles. The SMILES string of the molecule is COC(=O)Cn1nc2c(S(=O)(=O)N3CCN(c4ccc(F)cc4)CC3)cccn2c1=O. The van der Waals surface area contributed by atoms with Crippen molar-refractivity contribution in [1.29, 1.82) is 0 Å². The molecule has 12 heteroatoms. The number of methoxy groups -OCH3 is 1. The number of anilines is 1. The lowest BCUT2D eigenvalue weighted by atomic mass is 10.2. The van der Waals surface area contributed by atoms with Gasteiger partial charge in [-0.1, -0.05) is 0 Å². The van der Waals surface area contributed by atoms with Crippen molar-refractivity contribution >= 4 is 27.3 Å². The molecule has 164 valence electrons. The molecule has 1 aliphatic heterocycles. The summed E-state index contributed by atoms with van der Waals surface area (Å²) in [5, 5.41) is 4.05. The van der Waals surface area contributed by atoms with Crippen molar-refractivity contribution in [3.63, 3.8) is 0 Å². The van der Waals surface area contributed by atoms with E-state index >= 15 is 0 Å². The lowest BCUT2D eigenvalue weighted by Crippen LogP contribution is -2.48. The minimum absolute atomic E-state index is 0.0580. The standard InChI is InChI=1S/C19H20FN5O5S/c1-30-17(26)13-25-19(27)24-8-2-3-16(18(24)21-25)31(28,29)23-11-9-22(10-12-23)15-6-4-14(20)5-7-15/h2-8H,9-13H2,1H3. The van der Waals surface area contributed by atoms with Crippen LogP contribution in [0.2, 0.25) is 0 Å². The van der Waals surface area contributed by atoms with E-state index < -0.39 is 28.2 Å². The van der Waals surface area contributed by atoms with Gasteiger partial charge < -0.3 is 9.64 Å². The van der Waals surface area contributed by atoms with Crippen LogP contribution in [0.1, 0.15) is 0 Å². The lowest BCUT2D eigenvalue weighted by Gasteiger charge is -2.35. The number of rotatable bonds is 5. The number of piperazine rings is 1. The van der Waals surface area contributed by atoms with Crippen LogP contribution in [0.5, 0.6) is 0 Å². The Kier molecular flexibility index (Phi) is 5.50. The zero-order valence-electron chi connectivity index (χ0n) is 16.6. The Hall–Kier alpha value is -3.25. The number of benzene rings is 1. The number of fused-ring (bicyclic) bond motifs is 1. The Morgan fingerprint density at radius 3 is 2.45 bits per heavy atom. The Balaban J connectivity index is 1.60. The second kappa shape index (κ2) is 8.12. The molecule has 10 nitrogen and oxygen atoms in total. The maximum absolute atomic E-state index is 13.3. The highest BCUT2D eigenvalue weighted by Crippen LogP contribution is 2.23. The van der Waals surface area contributed by atoms with E-state index in [-0.39, 0.29) is 29.4 Å². The van der Waals surface area contributed by atoms with Crippen molar-refractivity contribution in [3.8, 4) is 0 Å². The fraction of sp³-hybridized carbons (Fsp3) is 0.316. The van der Waals surface area contributed by atoms with Crippen LogP contribution in [0.4, 0.5) is 10.1 Å². The lowest BCUT2D eigenvalue weighted by molar-refractivity contribution is -0.141. The first kappa shape index (κ1) is 21.0. The third-order valence-corrected chi connectivity index (χ3v) is 7.05. The number of carbonyl (C=O) groups excluding carboxylic acids is 1. The number of hydrogen-bond donors (Lipinski definition) is 0. The van der Waals surface area contributed by atoms with Gasteiger partial charge in [0, 0.05) is 38.1 Å². The fourth-order valence-corrected chi connectivity index (χ4v) is 5.03. The Morgan fingerprint density at radius 2 is 1.81 bits per heavy atom. The normalized spacial score (nSPS) is 15.4. The first-order valence-electron chi connectivity index (χ1n) is 9.47. The minimum atomic E-state index is -3.94. The average Bonchev–Trinajstić information content (AvgIpc) is 3.09. The molecule has 3 aromatic rings. The van der Waals surface area contributed by atoms with Gasteiger partial charge in [0.2, 0.25) is 10.0 Å². The van der Waals surface area contributed by atoms with Crippen LogP contribution >= 0.6 is 0 Å². The second-order valence-corrected chi connectivity index (χ2v) is 8.86. The van der Waals surface area contributed by atoms with E-state index in [9.17, 15) is 22.4 Å². The van der Waals surface area contributed by atoms with Gasteiger partial charge >= 0.3 is 11.7 Å². The molecule has 1 aliphatic rings. The van der Waals surface area contributed by atoms with Gasteiger partial charge in [-0.2, -0.15) is 4.31 Å². The molecular formula is C19H20FN5O5S. The number of aromatic nitrogens is 3. The molecule has 1 aromatic carbocycles. The molecule has 0 N–H and O–H groups in total. The van der Waals surface area contributed by atoms with Crippen molar-refractivity contribution in [2.45, 2.75) is 11.4 Å². The molecule has 31 heavy (non-hydrogen) atoms. The van der Waals surface area contributed by atoms with E-state index in [2.05, 4.69) is 9.84 Å². The summed E-state index contributed by atoms with van der Waals surface area (Å²) >= 11 is 0. The highest BCUT2D eigenvalue weighted by atomic mass is 32.2. The summed E-state index contributed by atoms with van der Waals surface area (Å²) in [6.45, 7) is 0.865. The number of pyridine rings is 1. The van der Waals surface area contributed by atoms with E-state index in [4.69, 9.17) is 0 Å². The van der Waals surface area contributed by atoms with Gasteiger partial charge in [0.25, 0.3) is 0 Å². The second-order valence-electron chi connectivity index (χ2n) is 6.95. The summed E-state index contributed by atoms with van der Waals surface area (Å²) < 4.78 is 47.6. The van der Waals surface area contributed by atoms with Crippen LogP contribution in [0.25, 0.3) is 5.65 Å². The molecule has 0 unspecified atom stereocenters. The van der Waals surface area contributed by atoms with Gasteiger partial charge in [-0.05, 0) is 36.4 Å². The van der Waals surface area contributed by atoms with Crippen LogP contribution in [0.15, 0.2) is 52.3 Å². The van der Waals surface area contributed by atoms with Gasteiger partial charge in [0.05, 0.1) is 7.11 Å². The zero-order chi connectivity index (χ0) is 22.2. The van der Waals surface area contributed by atoms with E-state index in [1.807, 2.05) is 4.90 Å². The van der Waals surface area contributed by atoms with E-state index in [0.29, 0.717) is 13.1 Å². The first-order valence-corrected chi connectivity index (χ1v) is 10.9. The fourth-order valence-electron chi connectivity index (χ4n) is 3.48. The molecule has 0 spiro atoms. The summed E-state index contributed by atoms with van der Waals surface area (Å²) in [7, 11) is -2.76. The smallest absolute Gasteiger partial charge is 0.350 e. The Morgan fingerprint density at radius 1 is 1.13 bits per heavy atom. The highest BCUT2D eigenvalue weighted by molar-refractivity contribution is 7.89. The van der Waals surface area contributed by atoms with Crippen LogP contribution < -0.4 is 10.6 Å². The summed E-state index contributed by atoms with van der Waals surface area (Å²) in [5.74, 6) is -1.01. The predicted molar refractivity (Wildman–Crippen MR) is 109 cm³/mol. The molecule has 0 radical (unpaired) electrons. The maximum atomic E-state index is 13.3. The monoisotopic (exact) mass is 449 g/mol. The van der Waals surface area contributed by atoms with Crippen molar-refractivity contribution in [1.82, 2.24) is 18.5 Å². The predicted octanol–water partition coefficient (Wildman–Crippen LogP) is 0.319. The molecule has 3 heterocycles. The Labute approximate surface area is 177 Å². The average molecular weight is 449 g/mol. The van der Waals surface area contributed by atoms with Crippen molar-refractivity contribution in [2.24, 2.45) is 0 Å². The van der Waals surface area contributed by atoms with Crippen LogP contribution in [-0.2, 0) is 26.1 Å². The molecule has 2 aromatic heterocycles. The number of nitrogens with zero attached hydrogens (tertiary/aromatic N) is 5. The number of carbonyl (C=O) groups is 1. The zero-order valence-corrected chi connectivity index (χ0v) is 17.5. The quantitative estimate of drug-likeness (QED) is 0.517. The highest BCUT2D eigenvalue weighted by Gasteiger charge is 2.31. The molecule has 1 fully saturated rings. The summed E-state index contributed by atoms with van der Waals surface area (Å²) in [6, 6.07) is 8.86. The van der Waals surface area contributed by atoms with Gasteiger partial charge in [-0.15, -0.1) is 5.10 Å². The molecular weight excluding hydrogens is 429 g/mol. The number of ether oxygens (including phenoxy) is 1. The van der Waals surface area contributed by atoms with Gasteiger partial charge in [0.1, 0.15) is 17.3 Å². The Bertz CT molecular complexity index is 1280. The summed E-state index contributed by atoms with van der Waals surface area (Å²) in [6.07, 6.45) is 1.39.